The Morgan fingerprint density at radius 2 is 1.96 bits per heavy atom. The van der Waals surface area contributed by atoms with Crippen molar-refractivity contribution in [3.8, 4) is 0 Å². The smallest absolute Gasteiger partial charge is 0.248 e. The normalized spacial score (nSPS) is 22.4. The average Bonchev–Trinajstić information content (AvgIpc) is 3.23. The molecule has 1 atom stereocenters. The lowest BCUT2D eigenvalue weighted by molar-refractivity contribution is 0.246. The molecular weight excluding hydrogens is 344 g/mol. The van der Waals surface area contributed by atoms with Crippen molar-refractivity contribution in [3.05, 3.63) is 23.2 Å². The molecule has 0 aromatic carbocycles. The van der Waals surface area contributed by atoms with Gasteiger partial charge in [-0.25, -0.2) is 8.42 Å². The van der Waals surface area contributed by atoms with Gasteiger partial charge in [0.25, 0.3) is 0 Å². The number of hydrogen-bond acceptors (Lipinski definition) is 7. The number of aromatic nitrogens is 3. The van der Waals surface area contributed by atoms with Gasteiger partial charge in [-0.15, -0.1) is 0 Å². The van der Waals surface area contributed by atoms with E-state index in [9.17, 15) is 8.42 Å². The van der Waals surface area contributed by atoms with E-state index in [1.165, 1.54) is 4.31 Å². The van der Waals surface area contributed by atoms with Crippen molar-refractivity contribution in [1.82, 2.24) is 19.6 Å². The topological polar surface area (TPSA) is 102 Å². The van der Waals surface area contributed by atoms with Crippen LogP contribution in [0.3, 0.4) is 0 Å². The molecule has 3 heterocycles. The van der Waals surface area contributed by atoms with Gasteiger partial charge in [0.2, 0.25) is 15.9 Å². The fraction of sp³-hybridized carbons (Fsp3) is 0.688. The molecule has 2 fully saturated rings. The van der Waals surface area contributed by atoms with Gasteiger partial charge in [-0.2, -0.15) is 9.29 Å². The summed E-state index contributed by atoms with van der Waals surface area (Å²) in [6.07, 6.45) is 4.65. The Labute approximate surface area is 146 Å². The second-order valence-corrected chi connectivity index (χ2v) is 8.92. The zero-order valence-electron chi connectivity index (χ0n) is 14.4. The summed E-state index contributed by atoms with van der Waals surface area (Å²) in [4.78, 5) is 4.66. The Kier molecular flexibility index (Phi) is 4.15. The minimum atomic E-state index is -3.59. The van der Waals surface area contributed by atoms with E-state index in [0.717, 1.165) is 31.5 Å². The van der Waals surface area contributed by atoms with Crippen LogP contribution in [0.1, 0.15) is 54.8 Å². The number of rotatable bonds is 5. The van der Waals surface area contributed by atoms with Gasteiger partial charge in [0.05, 0.1) is 0 Å². The zero-order valence-corrected chi connectivity index (χ0v) is 15.3. The second kappa shape index (κ2) is 6.21. The maximum atomic E-state index is 13.0. The van der Waals surface area contributed by atoms with Gasteiger partial charge in [0, 0.05) is 25.4 Å². The summed E-state index contributed by atoms with van der Waals surface area (Å²) in [6, 6.07) is 0. The molecule has 1 aliphatic carbocycles. The lowest BCUT2D eigenvalue weighted by Gasteiger charge is -2.31. The lowest BCUT2D eigenvalue weighted by Crippen LogP contribution is -2.40. The molecule has 2 aromatic heterocycles. The van der Waals surface area contributed by atoms with Crippen LogP contribution in [0.2, 0.25) is 0 Å². The number of aryl methyl sites for hydroxylation is 2. The van der Waals surface area contributed by atoms with Crippen LogP contribution in [-0.4, -0.2) is 41.1 Å². The molecule has 0 spiro atoms. The van der Waals surface area contributed by atoms with Crippen molar-refractivity contribution < 1.29 is 17.5 Å². The molecule has 1 saturated heterocycles. The first kappa shape index (κ1) is 16.7. The summed E-state index contributed by atoms with van der Waals surface area (Å²) in [5, 5.41) is 7.81. The maximum Gasteiger partial charge on any atom is 0.248 e. The molecule has 2 aromatic rings. The standard InChI is InChI=1S/C16H22N4O4S/c1-10-15(11(2)23-18-10)25(21,22)20-7-3-4-12(9-20)8-14-17-16(19-24-14)13-5-6-13/h12-13H,3-9H2,1-2H3/t12-/m1/s1. The Morgan fingerprint density at radius 1 is 1.16 bits per heavy atom. The van der Waals surface area contributed by atoms with Crippen molar-refractivity contribution in [3.63, 3.8) is 0 Å². The Hall–Kier alpha value is -1.74. The summed E-state index contributed by atoms with van der Waals surface area (Å²) in [5.74, 6) is 2.39. The molecule has 2 aliphatic rings. The fourth-order valence-electron chi connectivity index (χ4n) is 3.49. The lowest BCUT2D eigenvalue weighted by atomic mass is 9.96. The minimum Gasteiger partial charge on any atom is -0.360 e. The average molecular weight is 366 g/mol. The highest BCUT2D eigenvalue weighted by atomic mass is 32.2. The summed E-state index contributed by atoms with van der Waals surface area (Å²) in [5.41, 5.74) is 0.408. The monoisotopic (exact) mass is 366 g/mol. The second-order valence-electron chi connectivity index (χ2n) is 7.05. The number of piperidine rings is 1. The molecule has 9 heteroatoms. The van der Waals surface area contributed by atoms with Crippen LogP contribution in [0, 0.1) is 19.8 Å². The highest BCUT2D eigenvalue weighted by Crippen LogP contribution is 2.38. The summed E-state index contributed by atoms with van der Waals surface area (Å²) >= 11 is 0. The van der Waals surface area contributed by atoms with Crippen molar-refractivity contribution >= 4 is 10.0 Å². The zero-order chi connectivity index (χ0) is 17.6. The molecule has 8 nitrogen and oxygen atoms in total. The van der Waals surface area contributed by atoms with E-state index in [0.29, 0.717) is 42.8 Å². The van der Waals surface area contributed by atoms with E-state index in [1.807, 2.05) is 0 Å². The van der Waals surface area contributed by atoms with Gasteiger partial charge in [0.15, 0.2) is 11.6 Å². The van der Waals surface area contributed by atoms with Crippen LogP contribution in [-0.2, 0) is 16.4 Å². The fourth-order valence-corrected chi connectivity index (χ4v) is 5.33. The molecule has 136 valence electrons. The van der Waals surface area contributed by atoms with Crippen LogP contribution in [0.15, 0.2) is 13.9 Å². The van der Waals surface area contributed by atoms with E-state index < -0.39 is 10.0 Å². The summed E-state index contributed by atoms with van der Waals surface area (Å²) in [7, 11) is -3.59. The van der Waals surface area contributed by atoms with Crippen molar-refractivity contribution in [2.24, 2.45) is 5.92 Å². The van der Waals surface area contributed by atoms with Crippen LogP contribution < -0.4 is 0 Å². The van der Waals surface area contributed by atoms with E-state index in [1.54, 1.807) is 13.8 Å². The Balaban J connectivity index is 1.48. The van der Waals surface area contributed by atoms with Gasteiger partial charge in [-0.3, -0.25) is 0 Å². The van der Waals surface area contributed by atoms with E-state index >= 15 is 0 Å². The number of hydrogen-bond donors (Lipinski definition) is 0. The quantitative estimate of drug-likeness (QED) is 0.799. The van der Waals surface area contributed by atoms with Crippen LogP contribution in [0.4, 0.5) is 0 Å². The molecule has 0 amide bonds. The van der Waals surface area contributed by atoms with Crippen molar-refractivity contribution in [2.75, 3.05) is 13.1 Å². The van der Waals surface area contributed by atoms with Gasteiger partial charge in [-0.05, 0) is 45.4 Å². The predicted octanol–water partition coefficient (Wildman–Crippen LogP) is 2.20. The third-order valence-electron chi connectivity index (χ3n) is 4.94. The minimum absolute atomic E-state index is 0.177. The summed E-state index contributed by atoms with van der Waals surface area (Å²) < 4.78 is 37.8. The van der Waals surface area contributed by atoms with Crippen molar-refractivity contribution in [1.29, 1.82) is 0 Å². The van der Waals surface area contributed by atoms with Crippen LogP contribution >= 0.6 is 0 Å². The van der Waals surface area contributed by atoms with Gasteiger partial charge in [0.1, 0.15) is 10.6 Å². The molecule has 4 rings (SSSR count). The predicted molar refractivity (Wildman–Crippen MR) is 87.4 cm³/mol. The SMILES string of the molecule is Cc1noc(C)c1S(=O)(=O)N1CCC[C@H](Cc2nc(C3CC3)no2)C1. The van der Waals surface area contributed by atoms with Gasteiger partial charge in [-0.1, -0.05) is 10.3 Å². The first-order valence-corrected chi connectivity index (χ1v) is 10.1. The molecule has 1 saturated carbocycles. The molecule has 0 unspecified atom stereocenters. The van der Waals surface area contributed by atoms with Gasteiger partial charge < -0.3 is 9.05 Å². The van der Waals surface area contributed by atoms with Gasteiger partial charge >= 0.3 is 0 Å². The van der Waals surface area contributed by atoms with E-state index in [4.69, 9.17) is 9.05 Å². The molecule has 0 bridgehead atoms. The number of sulfonamides is 1. The Bertz CT molecular complexity index is 849. The molecule has 0 N–H and O–H groups in total. The Morgan fingerprint density at radius 3 is 2.64 bits per heavy atom. The molecule has 25 heavy (non-hydrogen) atoms. The largest absolute Gasteiger partial charge is 0.360 e. The number of nitrogens with zero attached hydrogens (tertiary/aromatic N) is 4. The first-order valence-electron chi connectivity index (χ1n) is 8.70. The molecular formula is C16H22N4O4S. The maximum absolute atomic E-state index is 13.0. The molecule has 1 aliphatic heterocycles. The third kappa shape index (κ3) is 3.22. The van der Waals surface area contributed by atoms with E-state index in [-0.39, 0.29) is 10.8 Å². The highest BCUT2D eigenvalue weighted by Gasteiger charge is 2.35. The molecule has 0 radical (unpaired) electrons. The summed E-state index contributed by atoms with van der Waals surface area (Å²) in [6.45, 7) is 4.25. The first-order chi connectivity index (χ1) is 11.9. The van der Waals surface area contributed by atoms with Crippen LogP contribution in [0.5, 0.6) is 0 Å². The van der Waals surface area contributed by atoms with E-state index in [2.05, 4.69) is 15.3 Å². The third-order valence-corrected chi connectivity index (χ3v) is 7.05. The highest BCUT2D eigenvalue weighted by molar-refractivity contribution is 7.89. The van der Waals surface area contributed by atoms with Crippen molar-refractivity contribution in [2.45, 2.75) is 56.8 Å². The van der Waals surface area contributed by atoms with Crippen LogP contribution in [0.25, 0.3) is 0 Å².